The first-order valence-electron chi connectivity index (χ1n) is 7.80. The van der Waals surface area contributed by atoms with Crippen LogP contribution < -0.4 is 16.0 Å². The molecule has 124 valence electrons. The largest absolute Gasteiger partial charge is 0.357 e. The highest BCUT2D eigenvalue weighted by molar-refractivity contribution is 7.09. The zero-order valence-electron chi connectivity index (χ0n) is 13.6. The van der Waals surface area contributed by atoms with Crippen molar-refractivity contribution in [3.63, 3.8) is 0 Å². The molecule has 2 aromatic heterocycles. The van der Waals surface area contributed by atoms with Crippen LogP contribution in [0, 0.1) is 0 Å². The Morgan fingerprint density at radius 1 is 1.35 bits per heavy atom. The van der Waals surface area contributed by atoms with Gasteiger partial charge in [-0.2, -0.15) is 0 Å². The standard InChI is InChI=1S/C16H23N5OS/c1-3-21(4-2)14-6-5-12(9-18-14)10-19-16(22)13-11-23-15(20-13)7-8-17/h5-6,9,11H,3-4,7-8,10,17H2,1-2H3,(H,19,22). The van der Waals surface area contributed by atoms with Gasteiger partial charge in [-0.3, -0.25) is 4.79 Å². The van der Waals surface area contributed by atoms with Crippen molar-refractivity contribution >= 4 is 23.1 Å². The average molecular weight is 333 g/mol. The maximum atomic E-state index is 12.1. The van der Waals surface area contributed by atoms with Crippen molar-refractivity contribution in [1.82, 2.24) is 15.3 Å². The van der Waals surface area contributed by atoms with Crippen LogP contribution in [-0.2, 0) is 13.0 Å². The summed E-state index contributed by atoms with van der Waals surface area (Å²) in [6.07, 6.45) is 2.50. The lowest BCUT2D eigenvalue weighted by molar-refractivity contribution is 0.0946. The molecule has 0 bridgehead atoms. The summed E-state index contributed by atoms with van der Waals surface area (Å²) in [5.41, 5.74) is 6.90. The smallest absolute Gasteiger partial charge is 0.271 e. The summed E-state index contributed by atoms with van der Waals surface area (Å²) in [6, 6.07) is 3.97. The van der Waals surface area contributed by atoms with E-state index in [-0.39, 0.29) is 5.91 Å². The van der Waals surface area contributed by atoms with Gasteiger partial charge in [0.05, 0.1) is 5.01 Å². The number of nitrogens with two attached hydrogens (primary N) is 1. The Balaban J connectivity index is 1.90. The Morgan fingerprint density at radius 3 is 2.74 bits per heavy atom. The Kier molecular flexibility index (Phi) is 6.49. The van der Waals surface area contributed by atoms with E-state index in [1.807, 2.05) is 12.1 Å². The average Bonchev–Trinajstić information content (AvgIpc) is 3.04. The minimum Gasteiger partial charge on any atom is -0.357 e. The molecule has 0 aliphatic heterocycles. The lowest BCUT2D eigenvalue weighted by atomic mass is 10.2. The monoisotopic (exact) mass is 333 g/mol. The second-order valence-corrected chi connectivity index (χ2v) is 5.99. The highest BCUT2D eigenvalue weighted by atomic mass is 32.1. The molecule has 3 N–H and O–H groups in total. The molecule has 2 heterocycles. The third-order valence-electron chi connectivity index (χ3n) is 3.49. The number of nitrogens with one attached hydrogen (secondary N) is 1. The van der Waals surface area contributed by atoms with Crippen LogP contribution in [0.2, 0.25) is 0 Å². The maximum Gasteiger partial charge on any atom is 0.271 e. The fraction of sp³-hybridized carbons (Fsp3) is 0.438. The maximum absolute atomic E-state index is 12.1. The van der Waals surface area contributed by atoms with E-state index >= 15 is 0 Å². The predicted octanol–water partition coefficient (Wildman–Crippen LogP) is 1.82. The zero-order chi connectivity index (χ0) is 16.7. The first-order chi connectivity index (χ1) is 11.2. The summed E-state index contributed by atoms with van der Waals surface area (Å²) in [5, 5.41) is 5.53. The number of nitrogens with zero attached hydrogens (tertiary/aromatic N) is 3. The van der Waals surface area contributed by atoms with E-state index in [0.29, 0.717) is 25.2 Å². The van der Waals surface area contributed by atoms with Gasteiger partial charge >= 0.3 is 0 Å². The van der Waals surface area contributed by atoms with Crippen LogP contribution in [-0.4, -0.2) is 35.5 Å². The van der Waals surface area contributed by atoms with Gasteiger partial charge in [-0.15, -0.1) is 11.3 Å². The van der Waals surface area contributed by atoms with E-state index in [4.69, 9.17) is 5.73 Å². The van der Waals surface area contributed by atoms with Crippen LogP contribution in [0.5, 0.6) is 0 Å². The molecule has 0 saturated heterocycles. The van der Waals surface area contributed by atoms with Gasteiger partial charge in [-0.1, -0.05) is 6.07 Å². The van der Waals surface area contributed by atoms with Gasteiger partial charge in [0.25, 0.3) is 5.91 Å². The van der Waals surface area contributed by atoms with E-state index < -0.39 is 0 Å². The summed E-state index contributed by atoms with van der Waals surface area (Å²) < 4.78 is 0. The van der Waals surface area contributed by atoms with Crippen LogP contribution in [0.3, 0.4) is 0 Å². The van der Waals surface area contributed by atoms with E-state index in [1.165, 1.54) is 11.3 Å². The molecule has 23 heavy (non-hydrogen) atoms. The Hall–Kier alpha value is -1.99. The van der Waals surface area contributed by atoms with Gasteiger partial charge in [0.15, 0.2) is 0 Å². The molecule has 0 saturated carbocycles. The molecule has 0 unspecified atom stereocenters. The second-order valence-electron chi connectivity index (χ2n) is 5.04. The third kappa shape index (κ3) is 4.74. The number of carbonyl (C=O) groups is 1. The van der Waals surface area contributed by atoms with E-state index in [0.717, 1.165) is 29.5 Å². The fourth-order valence-corrected chi connectivity index (χ4v) is 2.98. The van der Waals surface area contributed by atoms with Gasteiger partial charge in [0.1, 0.15) is 11.5 Å². The van der Waals surface area contributed by atoms with E-state index in [1.54, 1.807) is 11.6 Å². The first-order valence-corrected chi connectivity index (χ1v) is 8.68. The Labute approximate surface area is 140 Å². The molecule has 0 aromatic carbocycles. The van der Waals surface area contributed by atoms with Crippen LogP contribution >= 0.6 is 11.3 Å². The van der Waals surface area contributed by atoms with Crippen molar-refractivity contribution in [3.05, 3.63) is 40.0 Å². The minimum atomic E-state index is -0.169. The molecule has 0 aliphatic rings. The van der Waals surface area contributed by atoms with Gasteiger partial charge in [-0.05, 0) is 32.0 Å². The minimum absolute atomic E-state index is 0.169. The summed E-state index contributed by atoms with van der Waals surface area (Å²) in [5.74, 6) is 0.786. The van der Waals surface area contributed by atoms with Crippen molar-refractivity contribution in [3.8, 4) is 0 Å². The van der Waals surface area contributed by atoms with Gasteiger partial charge in [0, 0.05) is 37.6 Å². The van der Waals surface area contributed by atoms with Crippen molar-refractivity contribution in [2.45, 2.75) is 26.8 Å². The van der Waals surface area contributed by atoms with Gasteiger partial charge in [-0.25, -0.2) is 9.97 Å². The molecule has 0 spiro atoms. The molecule has 0 radical (unpaired) electrons. The number of thiazole rings is 1. The molecule has 1 amide bonds. The summed E-state index contributed by atoms with van der Waals surface area (Å²) in [7, 11) is 0. The summed E-state index contributed by atoms with van der Waals surface area (Å²) >= 11 is 1.46. The van der Waals surface area contributed by atoms with Gasteiger partial charge in [0.2, 0.25) is 0 Å². The van der Waals surface area contributed by atoms with Crippen molar-refractivity contribution < 1.29 is 4.79 Å². The summed E-state index contributed by atoms with van der Waals surface area (Å²) in [6.45, 7) is 7.04. The van der Waals surface area contributed by atoms with Crippen LogP contribution in [0.1, 0.15) is 34.9 Å². The lowest BCUT2D eigenvalue weighted by Gasteiger charge is -2.19. The lowest BCUT2D eigenvalue weighted by Crippen LogP contribution is -2.24. The molecule has 2 rings (SSSR count). The number of rotatable bonds is 8. The molecule has 6 nitrogen and oxygen atoms in total. The predicted molar refractivity (Wildman–Crippen MR) is 93.8 cm³/mol. The number of hydrogen-bond donors (Lipinski definition) is 2. The molecule has 0 atom stereocenters. The molecule has 0 fully saturated rings. The Bertz CT molecular complexity index is 622. The number of anilines is 1. The number of carbonyl (C=O) groups excluding carboxylic acids is 1. The summed E-state index contributed by atoms with van der Waals surface area (Å²) in [4.78, 5) is 23.0. The van der Waals surface area contributed by atoms with Crippen molar-refractivity contribution in [2.75, 3.05) is 24.5 Å². The number of hydrogen-bond acceptors (Lipinski definition) is 6. The Morgan fingerprint density at radius 2 is 2.13 bits per heavy atom. The normalized spacial score (nSPS) is 10.6. The zero-order valence-corrected chi connectivity index (χ0v) is 14.4. The molecular formula is C16H23N5OS. The van der Waals surface area contributed by atoms with Crippen LogP contribution in [0.15, 0.2) is 23.7 Å². The molecular weight excluding hydrogens is 310 g/mol. The topological polar surface area (TPSA) is 84.1 Å². The van der Waals surface area contributed by atoms with E-state index in [2.05, 4.69) is 34.0 Å². The fourth-order valence-electron chi connectivity index (χ4n) is 2.18. The number of amides is 1. The highest BCUT2D eigenvalue weighted by Gasteiger charge is 2.10. The van der Waals surface area contributed by atoms with Crippen LogP contribution in [0.25, 0.3) is 0 Å². The molecule has 0 aliphatic carbocycles. The molecule has 2 aromatic rings. The second kappa shape index (κ2) is 8.59. The van der Waals surface area contributed by atoms with Crippen molar-refractivity contribution in [1.29, 1.82) is 0 Å². The number of pyridine rings is 1. The quantitative estimate of drug-likeness (QED) is 0.770. The van der Waals surface area contributed by atoms with Gasteiger partial charge < -0.3 is 16.0 Å². The number of aromatic nitrogens is 2. The van der Waals surface area contributed by atoms with Crippen molar-refractivity contribution in [2.24, 2.45) is 5.73 Å². The highest BCUT2D eigenvalue weighted by Crippen LogP contribution is 2.12. The SMILES string of the molecule is CCN(CC)c1ccc(CNC(=O)c2csc(CCN)n2)cn1. The van der Waals surface area contributed by atoms with E-state index in [9.17, 15) is 4.79 Å². The third-order valence-corrected chi connectivity index (χ3v) is 4.40. The first kappa shape index (κ1) is 17.4. The van der Waals surface area contributed by atoms with Crippen LogP contribution in [0.4, 0.5) is 5.82 Å². The molecule has 7 heteroatoms.